The SMILES string of the molecule is O=C(O)c1nc(C2OCCO2)c(C(F)F)s1. The Balaban J connectivity index is 2.37. The minimum absolute atomic E-state index is 0.130. The second-order valence-corrected chi connectivity index (χ2v) is 3.98. The molecule has 0 radical (unpaired) electrons. The summed E-state index contributed by atoms with van der Waals surface area (Å²) in [6, 6.07) is 0. The van der Waals surface area contributed by atoms with Crippen molar-refractivity contribution in [2.24, 2.45) is 0 Å². The van der Waals surface area contributed by atoms with Crippen molar-refractivity contribution in [1.29, 1.82) is 0 Å². The lowest BCUT2D eigenvalue weighted by atomic mass is 10.3. The van der Waals surface area contributed by atoms with E-state index in [1.54, 1.807) is 0 Å². The van der Waals surface area contributed by atoms with Crippen LogP contribution >= 0.6 is 11.3 Å². The molecule has 1 aliphatic heterocycles. The summed E-state index contributed by atoms with van der Waals surface area (Å²) in [6.45, 7) is 0.570. The highest BCUT2D eigenvalue weighted by atomic mass is 32.1. The van der Waals surface area contributed by atoms with E-state index in [0.29, 0.717) is 11.3 Å². The van der Waals surface area contributed by atoms with Gasteiger partial charge in [0.2, 0.25) is 11.3 Å². The van der Waals surface area contributed by atoms with E-state index in [9.17, 15) is 13.6 Å². The number of aromatic nitrogens is 1. The van der Waals surface area contributed by atoms with Gasteiger partial charge in [0.15, 0.2) is 0 Å². The zero-order chi connectivity index (χ0) is 11.7. The highest BCUT2D eigenvalue weighted by Crippen LogP contribution is 2.35. The first-order chi connectivity index (χ1) is 7.59. The second kappa shape index (κ2) is 4.40. The van der Waals surface area contributed by atoms with Crippen molar-refractivity contribution in [3.05, 3.63) is 15.6 Å². The summed E-state index contributed by atoms with van der Waals surface area (Å²) in [4.78, 5) is 13.8. The third-order valence-corrected chi connectivity index (χ3v) is 2.97. The van der Waals surface area contributed by atoms with E-state index < -0.39 is 23.6 Å². The highest BCUT2D eigenvalue weighted by molar-refractivity contribution is 7.13. The molecule has 2 rings (SSSR count). The smallest absolute Gasteiger partial charge is 0.365 e. The average molecular weight is 251 g/mol. The molecule has 8 heteroatoms. The van der Waals surface area contributed by atoms with E-state index in [1.807, 2.05) is 0 Å². The molecule has 0 saturated carbocycles. The molecular weight excluding hydrogens is 244 g/mol. The van der Waals surface area contributed by atoms with E-state index in [4.69, 9.17) is 14.6 Å². The number of halogens is 2. The van der Waals surface area contributed by atoms with Crippen LogP contribution in [0, 0.1) is 0 Å². The third kappa shape index (κ3) is 2.04. The molecule has 0 spiro atoms. The number of alkyl halides is 2. The number of rotatable bonds is 3. The molecule has 0 aliphatic carbocycles. The summed E-state index contributed by atoms with van der Waals surface area (Å²) in [6.07, 6.45) is -3.76. The van der Waals surface area contributed by atoms with Crippen molar-refractivity contribution in [3.63, 3.8) is 0 Å². The molecule has 1 saturated heterocycles. The Hall–Kier alpha value is -1.12. The van der Waals surface area contributed by atoms with Gasteiger partial charge >= 0.3 is 5.97 Å². The maximum Gasteiger partial charge on any atom is 0.365 e. The van der Waals surface area contributed by atoms with Crippen LogP contribution in [0.2, 0.25) is 0 Å². The maximum atomic E-state index is 12.6. The van der Waals surface area contributed by atoms with Gasteiger partial charge in [0.1, 0.15) is 5.69 Å². The lowest BCUT2D eigenvalue weighted by molar-refractivity contribution is -0.0492. The van der Waals surface area contributed by atoms with Crippen molar-refractivity contribution in [3.8, 4) is 0 Å². The predicted molar refractivity (Wildman–Crippen MR) is 48.7 cm³/mol. The molecule has 88 valence electrons. The Morgan fingerprint density at radius 1 is 1.50 bits per heavy atom. The summed E-state index contributed by atoms with van der Waals surface area (Å²) in [7, 11) is 0. The fourth-order valence-electron chi connectivity index (χ4n) is 1.28. The molecule has 0 unspecified atom stereocenters. The van der Waals surface area contributed by atoms with Gasteiger partial charge in [-0.05, 0) is 0 Å². The molecule has 1 fully saturated rings. The molecule has 1 aromatic rings. The molecular formula is C8H7F2NO4S. The number of hydrogen-bond acceptors (Lipinski definition) is 5. The van der Waals surface area contributed by atoms with Crippen LogP contribution < -0.4 is 0 Å². The molecule has 0 bridgehead atoms. The molecule has 2 heterocycles. The number of ether oxygens (including phenoxy) is 2. The van der Waals surface area contributed by atoms with Crippen LogP contribution in [0.15, 0.2) is 0 Å². The van der Waals surface area contributed by atoms with E-state index in [2.05, 4.69) is 4.98 Å². The quantitative estimate of drug-likeness (QED) is 0.887. The highest BCUT2D eigenvalue weighted by Gasteiger charge is 2.30. The van der Waals surface area contributed by atoms with Crippen molar-refractivity contribution < 1.29 is 28.2 Å². The van der Waals surface area contributed by atoms with Gasteiger partial charge in [0, 0.05) is 0 Å². The van der Waals surface area contributed by atoms with Crippen LogP contribution in [-0.4, -0.2) is 29.3 Å². The third-order valence-electron chi connectivity index (χ3n) is 1.91. The Morgan fingerprint density at radius 2 is 2.12 bits per heavy atom. The van der Waals surface area contributed by atoms with Gasteiger partial charge in [-0.25, -0.2) is 18.6 Å². The topological polar surface area (TPSA) is 68.7 Å². The van der Waals surface area contributed by atoms with Gasteiger partial charge in [-0.3, -0.25) is 0 Å². The van der Waals surface area contributed by atoms with Crippen molar-refractivity contribution in [2.75, 3.05) is 13.2 Å². The summed E-state index contributed by atoms with van der Waals surface area (Å²) < 4.78 is 35.3. The molecule has 1 aromatic heterocycles. The van der Waals surface area contributed by atoms with E-state index >= 15 is 0 Å². The first kappa shape index (κ1) is 11.4. The fourth-order valence-corrected chi connectivity index (χ4v) is 2.05. The lowest BCUT2D eigenvalue weighted by Crippen LogP contribution is -2.03. The van der Waals surface area contributed by atoms with Crippen LogP contribution in [-0.2, 0) is 9.47 Å². The minimum Gasteiger partial charge on any atom is -0.476 e. The molecule has 0 aromatic carbocycles. The van der Waals surface area contributed by atoms with Crippen molar-refractivity contribution >= 4 is 17.3 Å². The Labute approximate surface area is 92.6 Å². The van der Waals surface area contributed by atoms with E-state index in [-0.39, 0.29) is 23.9 Å². The summed E-state index contributed by atoms with van der Waals surface area (Å²) in [5.41, 5.74) is -0.130. The van der Waals surface area contributed by atoms with Gasteiger partial charge in [0.25, 0.3) is 6.43 Å². The zero-order valence-corrected chi connectivity index (χ0v) is 8.67. The number of hydrogen-bond donors (Lipinski definition) is 1. The van der Waals surface area contributed by atoms with Gasteiger partial charge in [-0.2, -0.15) is 0 Å². The zero-order valence-electron chi connectivity index (χ0n) is 7.85. The van der Waals surface area contributed by atoms with E-state index in [0.717, 1.165) is 0 Å². The minimum atomic E-state index is -2.78. The number of thiazole rings is 1. The predicted octanol–water partition coefficient (Wildman–Crippen LogP) is 1.82. The maximum absolute atomic E-state index is 12.6. The number of carbonyl (C=O) groups is 1. The fraction of sp³-hybridized carbons (Fsp3) is 0.500. The van der Waals surface area contributed by atoms with Gasteiger partial charge in [-0.15, -0.1) is 11.3 Å². The normalized spacial score (nSPS) is 17.2. The number of carboxylic acids is 1. The standard InChI is InChI=1S/C8H7F2NO4S/c9-5(10)4-3(8-14-1-2-15-8)11-6(16-4)7(12)13/h5,8H,1-2H2,(H,12,13). The molecule has 5 nitrogen and oxygen atoms in total. The van der Waals surface area contributed by atoms with Crippen molar-refractivity contribution in [1.82, 2.24) is 4.98 Å². The number of carboxylic acid groups (broad SMARTS) is 1. The van der Waals surface area contributed by atoms with Crippen molar-refractivity contribution in [2.45, 2.75) is 12.7 Å². The average Bonchev–Trinajstić information content (AvgIpc) is 2.86. The first-order valence-corrected chi connectivity index (χ1v) is 5.16. The first-order valence-electron chi connectivity index (χ1n) is 4.35. The monoisotopic (exact) mass is 251 g/mol. The van der Waals surface area contributed by atoms with Crippen LogP contribution in [0.5, 0.6) is 0 Å². The molecule has 0 amide bonds. The largest absolute Gasteiger partial charge is 0.476 e. The van der Waals surface area contributed by atoms with Crippen LogP contribution in [0.4, 0.5) is 8.78 Å². The molecule has 1 N–H and O–H groups in total. The number of nitrogens with zero attached hydrogens (tertiary/aromatic N) is 1. The Morgan fingerprint density at radius 3 is 2.62 bits per heavy atom. The molecule has 16 heavy (non-hydrogen) atoms. The number of aromatic carboxylic acids is 1. The lowest BCUT2D eigenvalue weighted by Gasteiger charge is -2.07. The van der Waals surface area contributed by atoms with Crippen LogP contribution in [0.1, 0.15) is 33.1 Å². The summed E-state index contributed by atoms with van der Waals surface area (Å²) in [5.74, 6) is -1.34. The summed E-state index contributed by atoms with van der Waals surface area (Å²) >= 11 is 0.442. The van der Waals surface area contributed by atoms with Crippen LogP contribution in [0.3, 0.4) is 0 Å². The second-order valence-electron chi connectivity index (χ2n) is 2.95. The van der Waals surface area contributed by atoms with E-state index in [1.165, 1.54) is 0 Å². The van der Waals surface area contributed by atoms with Crippen LogP contribution in [0.25, 0.3) is 0 Å². The van der Waals surface area contributed by atoms with Gasteiger partial charge < -0.3 is 14.6 Å². The van der Waals surface area contributed by atoms with Gasteiger partial charge in [0.05, 0.1) is 18.1 Å². The molecule has 0 atom stereocenters. The Bertz CT molecular complexity index is 403. The summed E-state index contributed by atoms with van der Waals surface area (Å²) in [5, 5.41) is 8.28. The van der Waals surface area contributed by atoms with Gasteiger partial charge in [-0.1, -0.05) is 0 Å². The Kier molecular flexibility index (Phi) is 3.13. The molecule has 1 aliphatic rings.